The third-order valence-corrected chi connectivity index (χ3v) is 3.38. The summed E-state index contributed by atoms with van der Waals surface area (Å²) in [6, 6.07) is 6.12. The van der Waals surface area contributed by atoms with E-state index in [9.17, 15) is 0 Å². The number of nitrogens with zero attached hydrogens (tertiary/aromatic N) is 1. The summed E-state index contributed by atoms with van der Waals surface area (Å²) in [6.07, 6.45) is 1.05. The van der Waals surface area contributed by atoms with Crippen LogP contribution in [0.15, 0.2) is 22.7 Å². The third-order valence-electron chi connectivity index (χ3n) is 2.47. The molecule has 0 radical (unpaired) electrons. The van der Waals surface area contributed by atoms with E-state index in [0.717, 1.165) is 34.7 Å². The molecule has 0 spiro atoms. The second-order valence-corrected chi connectivity index (χ2v) is 4.88. The van der Waals surface area contributed by atoms with Gasteiger partial charge in [-0.1, -0.05) is 11.6 Å². The van der Waals surface area contributed by atoms with Crippen molar-refractivity contribution in [3.8, 4) is 0 Å². The quantitative estimate of drug-likeness (QED) is 0.854. The van der Waals surface area contributed by atoms with Gasteiger partial charge in [-0.2, -0.15) is 0 Å². The molecule has 1 fully saturated rings. The van der Waals surface area contributed by atoms with Crippen LogP contribution in [0.4, 0.5) is 5.69 Å². The van der Waals surface area contributed by atoms with Gasteiger partial charge in [0.25, 0.3) is 0 Å². The highest BCUT2D eigenvalue weighted by Gasteiger charge is 2.20. The summed E-state index contributed by atoms with van der Waals surface area (Å²) in [4.78, 5) is 2.26. The van der Waals surface area contributed by atoms with E-state index in [0.29, 0.717) is 6.04 Å². The van der Waals surface area contributed by atoms with Gasteiger partial charge < -0.3 is 10.6 Å². The predicted octanol–water partition coefficient (Wildman–Crippen LogP) is 2.64. The molecule has 1 aromatic rings. The molecule has 1 heterocycles. The lowest BCUT2D eigenvalue weighted by Crippen LogP contribution is -2.26. The van der Waals surface area contributed by atoms with Crippen LogP contribution >= 0.6 is 27.5 Å². The average molecular weight is 276 g/mol. The minimum Gasteiger partial charge on any atom is -0.369 e. The first-order chi connectivity index (χ1) is 6.66. The molecule has 76 valence electrons. The standard InChI is InChI=1S/C10H12BrClN2/c11-9-2-1-7(12)5-10(9)14-4-3-8(13)6-14/h1-2,5,8H,3-4,6,13H2. The Morgan fingerprint density at radius 3 is 2.93 bits per heavy atom. The van der Waals surface area contributed by atoms with E-state index in [4.69, 9.17) is 17.3 Å². The molecule has 1 aliphatic heterocycles. The average Bonchev–Trinajstić information content (AvgIpc) is 2.56. The Balaban J connectivity index is 2.27. The number of benzene rings is 1. The summed E-state index contributed by atoms with van der Waals surface area (Å²) < 4.78 is 1.08. The molecule has 1 saturated heterocycles. The molecule has 0 bridgehead atoms. The van der Waals surface area contributed by atoms with Crippen LogP contribution in [0.25, 0.3) is 0 Å². The molecule has 2 rings (SSSR count). The molecule has 2 N–H and O–H groups in total. The minimum atomic E-state index is 0.292. The van der Waals surface area contributed by atoms with Gasteiger partial charge in [0, 0.05) is 28.6 Å². The van der Waals surface area contributed by atoms with Gasteiger partial charge in [0.2, 0.25) is 0 Å². The number of hydrogen-bond acceptors (Lipinski definition) is 2. The lowest BCUT2D eigenvalue weighted by atomic mass is 10.3. The molecule has 0 aromatic heterocycles. The molecule has 1 atom stereocenters. The maximum Gasteiger partial charge on any atom is 0.0526 e. The molecule has 1 aromatic carbocycles. The van der Waals surface area contributed by atoms with Crippen LogP contribution < -0.4 is 10.6 Å². The molecule has 0 aliphatic carbocycles. The van der Waals surface area contributed by atoms with Crippen molar-refractivity contribution in [2.45, 2.75) is 12.5 Å². The second kappa shape index (κ2) is 4.09. The highest BCUT2D eigenvalue weighted by atomic mass is 79.9. The summed E-state index contributed by atoms with van der Waals surface area (Å²) in [6.45, 7) is 1.93. The van der Waals surface area contributed by atoms with Crippen molar-refractivity contribution in [1.29, 1.82) is 0 Å². The second-order valence-electron chi connectivity index (χ2n) is 3.59. The first kappa shape index (κ1) is 10.3. The highest BCUT2D eigenvalue weighted by molar-refractivity contribution is 9.10. The van der Waals surface area contributed by atoms with Crippen molar-refractivity contribution < 1.29 is 0 Å². The summed E-state index contributed by atoms with van der Waals surface area (Å²) >= 11 is 9.47. The van der Waals surface area contributed by atoms with Crippen molar-refractivity contribution in [1.82, 2.24) is 0 Å². The third kappa shape index (κ3) is 2.05. The maximum atomic E-state index is 5.95. The Morgan fingerprint density at radius 2 is 2.29 bits per heavy atom. The number of hydrogen-bond donors (Lipinski definition) is 1. The number of rotatable bonds is 1. The Kier molecular flexibility index (Phi) is 3.00. The van der Waals surface area contributed by atoms with E-state index in [2.05, 4.69) is 20.8 Å². The fourth-order valence-corrected chi connectivity index (χ4v) is 2.40. The minimum absolute atomic E-state index is 0.292. The monoisotopic (exact) mass is 274 g/mol. The van der Waals surface area contributed by atoms with Gasteiger partial charge >= 0.3 is 0 Å². The maximum absolute atomic E-state index is 5.95. The van der Waals surface area contributed by atoms with E-state index in [1.165, 1.54) is 0 Å². The zero-order valence-corrected chi connectivity index (χ0v) is 10.1. The Labute approximate surface area is 97.2 Å². The predicted molar refractivity (Wildman–Crippen MR) is 64.0 cm³/mol. The van der Waals surface area contributed by atoms with Crippen LogP contribution in [-0.4, -0.2) is 19.1 Å². The van der Waals surface area contributed by atoms with E-state index in [-0.39, 0.29) is 0 Å². The summed E-state index contributed by atoms with van der Waals surface area (Å²) in [5.41, 5.74) is 7.00. The SMILES string of the molecule is NC1CCN(c2cc(Cl)ccc2Br)C1. The number of halogens is 2. The molecule has 4 heteroatoms. The lowest BCUT2D eigenvalue weighted by molar-refractivity contribution is 0.752. The van der Waals surface area contributed by atoms with Gasteiger partial charge in [-0.25, -0.2) is 0 Å². The van der Waals surface area contributed by atoms with Crippen LogP contribution in [0.2, 0.25) is 5.02 Å². The Bertz CT molecular complexity index is 343. The molecule has 0 amide bonds. The fourth-order valence-electron chi connectivity index (χ4n) is 1.73. The number of nitrogens with two attached hydrogens (primary N) is 1. The molecule has 14 heavy (non-hydrogen) atoms. The van der Waals surface area contributed by atoms with E-state index >= 15 is 0 Å². The number of anilines is 1. The van der Waals surface area contributed by atoms with Crippen molar-refractivity contribution >= 4 is 33.2 Å². The first-order valence-electron chi connectivity index (χ1n) is 4.62. The molecule has 1 aliphatic rings. The molecular weight excluding hydrogens is 263 g/mol. The topological polar surface area (TPSA) is 29.3 Å². The zero-order valence-electron chi connectivity index (χ0n) is 7.71. The van der Waals surface area contributed by atoms with Gasteiger partial charge in [0.15, 0.2) is 0 Å². The lowest BCUT2D eigenvalue weighted by Gasteiger charge is -2.19. The smallest absolute Gasteiger partial charge is 0.0526 e. The molecule has 0 saturated carbocycles. The van der Waals surface area contributed by atoms with Crippen LogP contribution in [0.3, 0.4) is 0 Å². The Morgan fingerprint density at radius 1 is 1.50 bits per heavy atom. The largest absolute Gasteiger partial charge is 0.369 e. The summed E-state index contributed by atoms with van der Waals surface area (Å²) in [5, 5.41) is 0.767. The van der Waals surface area contributed by atoms with Crippen molar-refractivity contribution in [2.24, 2.45) is 5.73 Å². The molecular formula is C10H12BrClN2. The fraction of sp³-hybridized carbons (Fsp3) is 0.400. The van der Waals surface area contributed by atoms with Gasteiger partial charge in [0.1, 0.15) is 0 Å². The highest BCUT2D eigenvalue weighted by Crippen LogP contribution is 2.31. The van der Waals surface area contributed by atoms with Gasteiger partial charge in [-0.3, -0.25) is 0 Å². The van der Waals surface area contributed by atoms with Crippen LogP contribution in [0, 0.1) is 0 Å². The van der Waals surface area contributed by atoms with E-state index in [1.54, 1.807) is 0 Å². The van der Waals surface area contributed by atoms with Crippen molar-refractivity contribution in [2.75, 3.05) is 18.0 Å². The van der Waals surface area contributed by atoms with Crippen LogP contribution in [0.5, 0.6) is 0 Å². The van der Waals surface area contributed by atoms with Crippen LogP contribution in [0.1, 0.15) is 6.42 Å². The van der Waals surface area contributed by atoms with Gasteiger partial charge in [0.05, 0.1) is 5.69 Å². The van der Waals surface area contributed by atoms with E-state index < -0.39 is 0 Å². The zero-order chi connectivity index (χ0) is 10.1. The molecule has 1 unspecified atom stereocenters. The normalized spacial score (nSPS) is 21.6. The van der Waals surface area contributed by atoms with Crippen molar-refractivity contribution in [3.05, 3.63) is 27.7 Å². The van der Waals surface area contributed by atoms with Crippen molar-refractivity contribution in [3.63, 3.8) is 0 Å². The van der Waals surface area contributed by atoms with Crippen LogP contribution in [-0.2, 0) is 0 Å². The molecule has 2 nitrogen and oxygen atoms in total. The summed E-state index contributed by atoms with van der Waals surface area (Å²) in [5.74, 6) is 0. The summed E-state index contributed by atoms with van der Waals surface area (Å²) in [7, 11) is 0. The first-order valence-corrected chi connectivity index (χ1v) is 5.79. The van der Waals surface area contributed by atoms with Gasteiger partial charge in [-0.15, -0.1) is 0 Å². The Hall–Kier alpha value is -0.250. The van der Waals surface area contributed by atoms with E-state index in [1.807, 2.05) is 18.2 Å². The van der Waals surface area contributed by atoms with Gasteiger partial charge in [-0.05, 0) is 40.5 Å².